The van der Waals surface area contributed by atoms with Crippen LogP contribution >= 0.6 is 11.8 Å². The molecule has 21 heavy (non-hydrogen) atoms. The zero-order valence-electron chi connectivity index (χ0n) is 12.0. The molecule has 0 aliphatic rings. The number of aliphatic carboxylic acids is 1. The van der Waals surface area contributed by atoms with Crippen molar-refractivity contribution >= 4 is 23.8 Å². The van der Waals surface area contributed by atoms with Crippen LogP contribution in [0.5, 0.6) is 0 Å². The maximum Gasteiger partial charge on any atom is 0.328 e. The average molecular weight is 299 g/mol. The Morgan fingerprint density at radius 1 is 1.29 bits per heavy atom. The predicted molar refractivity (Wildman–Crippen MR) is 86.4 cm³/mol. The maximum absolute atomic E-state index is 10.6. The summed E-state index contributed by atoms with van der Waals surface area (Å²) in [6, 6.07) is 11.9. The number of hydrogen-bond donors (Lipinski definition) is 1. The Labute approximate surface area is 128 Å². The molecule has 1 N–H and O–H groups in total. The number of thioether (sulfide) groups is 1. The summed E-state index contributed by atoms with van der Waals surface area (Å²) in [6.45, 7) is 4.04. The first-order valence-corrected chi connectivity index (χ1v) is 7.60. The first-order chi connectivity index (χ1) is 10.0. The van der Waals surface area contributed by atoms with Gasteiger partial charge in [0.2, 0.25) is 0 Å². The molecule has 0 unspecified atom stereocenters. The van der Waals surface area contributed by atoms with Gasteiger partial charge in [0.25, 0.3) is 0 Å². The quantitative estimate of drug-likeness (QED) is 0.667. The summed E-state index contributed by atoms with van der Waals surface area (Å²) >= 11 is 1.66. The van der Waals surface area contributed by atoms with Crippen molar-refractivity contribution in [1.82, 2.24) is 4.98 Å². The molecule has 108 valence electrons. The van der Waals surface area contributed by atoms with Crippen LogP contribution in [0.15, 0.2) is 47.5 Å². The highest BCUT2D eigenvalue weighted by Gasteiger charge is 2.03. The minimum absolute atomic E-state index is 0.760. The van der Waals surface area contributed by atoms with Crippen LogP contribution in [-0.2, 0) is 10.5 Å². The van der Waals surface area contributed by atoms with Crippen molar-refractivity contribution in [1.29, 1.82) is 0 Å². The fraction of sp³-hybridized carbons (Fsp3) is 0.176. The number of benzene rings is 1. The molecule has 0 bridgehead atoms. The molecule has 0 aliphatic heterocycles. The molecule has 0 aliphatic carbocycles. The lowest BCUT2D eigenvalue weighted by atomic mass is 10.1. The zero-order chi connectivity index (χ0) is 15.2. The number of pyridine rings is 1. The van der Waals surface area contributed by atoms with Crippen LogP contribution in [-0.4, -0.2) is 16.1 Å². The number of hydrogen-bond acceptors (Lipinski definition) is 3. The van der Waals surface area contributed by atoms with Gasteiger partial charge in [-0.1, -0.05) is 24.3 Å². The van der Waals surface area contributed by atoms with Gasteiger partial charge in [-0.2, -0.15) is 0 Å². The van der Waals surface area contributed by atoms with Crippen molar-refractivity contribution < 1.29 is 9.90 Å². The fourth-order valence-electron chi connectivity index (χ4n) is 2.02. The van der Waals surface area contributed by atoms with Crippen molar-refractivity contribution in [3.05, 3.63) is 64.9 Å². The largest absolute Gasteiger partial charge is 0.478 e. The first-order valence-electron chi connectivity index (χ1n) is 6.61. The van der Waals surface area contributed by atoms with E-state index in [0.29, 0.717) is 0 Å². The highest BCUT2D eigenvalue weighted by molar-refractivity contribution is 7.98. The second-order valence-corrected chi connectivity index (χ2v) is 5.78. The van der Waals surface area contributed by atoms with Gasteiger partial charge in [0.15, 0.2) is 0 Å². The van der Waals surface area contributed by atoms with Crippen molar-refractivity contribution in [2.24, 2.45) is 0 Å². The van der Waals surface area contributed by atoms with Crippen molar-refractivity contribution in [3.63, 3.8) is 0 Å². The maximum atomic E-state index is 10.6. The third-order valence-electron chi connectivity index (χ3n) is 2.91. The molecule has 0 radical (unpaired) electrons. The van der Waals surface area contributed by atoms with E-state index in [1.165, 1.54) is 11.6 Å². The Balaban J connectivity index is 2.14. The summed E-state index contributed by atoms with van der Waals surface area (Å²) in [5.74, 6) is -0.177. The van der Waals surface area contributed by atoms with E-state index in [2.05, 4.69) is 18.0 Å². The summed E-state index contributed by atoms with van der Waals surface area (Å²) in [4.78, 5) is 15.1. The van der Waals surface area contributed by atoms with Crippen LogP contribution in [0.2, 0.25) is 0 Å². The number of nitrogens with zero attached hydrogens (tertiary/aromatic N) is 1. The summed E-state index contributed by atoms with van der Waals surface area (Å²) in [5, 5.41) is 9.72. The number of carboxylic acids is 1. The Morgan fingerprint density at radius 3 is 2.76 bits per heavy atom. The highest BCUT2D eigenvalue weighted by Crippen LogP contribution is 2.24. The fourth-order valence-corrected chi connectivity index (χ4v) is 3.06. The van der Waals surface area contributed by atoms with Crippen LogP contribution in [0, 0.1) is 13.8 Å². The standard InChI is InChI=1S/C17H17NO2S/c1-12-9-13(2)18-16(10-12)21-11-15-6-4-3-5-14(15)7-8-17(19)20/h3-10H,11H2,1-2H3,(H,19,20)/b8-7+. The van der Waals surface area contributed by atoms with Gasteiger partial charge in [-0.05, 0) is 48.7 Å². The average Bonchev–Trinajstić information content (AvgIpc) is 2.42. The Hall–Kier alpha value is -2.07. The molecule has 0 saturated heterocycles. The van der Waals surface area contributed by atoms with Gasteiger partial charge >= 0.3 is 5.97 Å². The zero-order valence-corrected chi connectivity index (χ0v) is 12.9. The van der Waals surface area contributed by atoms with E-state index in [9.17, 15) is 4.79 Å². The van der Waals surface area contributed by atoms with Crippen molar-refractivity contribution in [3.8, 4) is 0 Å². The van der Waals surface area contributed by atoms with Crippen LogP contribution < -0.4 is 0 Å². The van der Waals surface area contributed by atoms with Crippen LogP contribution in [0.3, 0.4) is 0 Å². The summed E-state index contributed by atoms with van der Waals surface area (Å²) < 4.78 is 0. The topological polar surface area (TPSA) is 50.2 Å². The lowest BCUT2D eigenvalue weighted by Gasteiger charge is -2.07. The van der Waals surface area contributed by atoms with Crippen LogP contribution in [0.1, 0.15) is 22.4 Å². The number of rotatable bonds is 5. The van der Waals surface area contributed by atoms with E-state index in [1.54, 1.807) is 17.8 Å². The molecular weight excluding hydrogens is 282 g/mol. The molecule has 1 aromatic heterocycles. The second-order valence-electron chi connectivity index (χ2n) is 4.78. The van der Waals surface area contributed by atoms with Crippen molar-refractivity contribution in [2.45, 2.75) is 24.6 Å². The van der Waals surface area contributed by atoms with E-state index in [0.717, 1.165) is 27.6 Å². The molecule has 0 saturated carbocycles. The molecule has 2 rings (SSSR count). The monoisotopic (exact) mass is 299 g/mol. The smallest absolute Gasteiger partial charge is 0.328 e. The van der Waals surface area contributed by atoms with E-state index >= 15 is 0 Å². The molecular formula is C17H17NO2S. The molecule has 4 heteroatoms. The van der Waals surface area contributed by atoms with E-state index in [1.807, 2.05) is 37.3 Å². The SMILES string of the molecule is Cc1cc(C)nc(SCc2ccccc2/C=C/C(=O)O)c1. The van der Waals surface area contributed by atoms with E-state index in [4.69, 9.17) is 5.11 Å². The lowest BCUT2D eigenvalue weighted by Crippen LogP contribution is -1.91. The normalized spacial score (nSPS) is 11.0. The van der Waals surface area contributed by atoms with Crippen molar-refractivity contribution in [2.75, 3.05) is 0 Å². The van der Waals surface area contributed by atoms with Gasteiger partial charge in [-0.3, -0.25) is 0 Å². The number of aromatic nitrogens is 1. The van der Waals surface area contributed by atoms with Gasteiger partial charge < -0.3 is 5.11 Å². The van der Waals surface area contributed by atoms with E-state index in [-0.39, 0.29) is 0 Å². The third-order valence-corrected chi connectivity index (χ3v) is 3.87. The first kappa shape index (κ1) is 15.3. The molecule has 0 atom stereocenters. The molecule has 1 heterocycles. The number of carboxylic acid groups (broad SMARTS) is 1. The van der Waals surface area contributed by atoms with Gasteiger partial charge in [0.05, 0.1) is 5.03 Å². The molecule has 2 aromatic rings. The summed E-state index contributed by atoms with van der Waals surface area (Å²) in [7, 11) is 0. The molecule has 1 aromatic carbocycles. The Kier molecular flexibility index (Phi) is 5.17. The number of aryl methyl sites for hydroxylation is 2. The Bertz CT molecular complexity index is 660. The van der Waals surface area contributed by atoms with Gasteiger partial charge in [-0.25, -0.2) is 9.78 Å². The molecule has 0 amide bonds. The second kappa shape index (κ2) is 7.09. The number of carbonyl (C=O) groups is 1. The summed E-state index contributed by atoms with van der Waals surface area (Å²) in [6.07, 6.45) is 2.80. The highest BCUT2D eigenvalue weighted by atomic mass is 32.2. The summed E-state index contributed by atoms with van der Waals surface area (Å²) in [5.41, 5.74) is 4.23. The molecule has 0 spiro atoms. The van der Waals surface area contributed by atoms with Gasteiger partial charge in [0, 0.05) is 17.5 Å². The third kappa shape index (κ3) is 4.76. The molecule has 0 fully saturated rings. The van der Waals surface area contributed by atoms with Gasteiger partial charge in [0.1, 0.15) is 0 Å². The molecule has 3 nitrogen and oxygen atoms in total. The minimum atomic E-state index is -0.937. The van der Waals surface area contributed by atoms with Crippen LogP contribution in [0.4, 0.5) is 0 Å². The predicted octanol–water partition coefficient (Wildman–Crippen LogP) is 4.09. The lowest BCUT2D eigenvalue weighted by molar-refractivity contribution is -0.131. The van der Waals surface area contributed by atoms with Crippen LogP contribution in [0.25, 0.3) is 6.08 Å². The van der Waals surface area contributed by atoms with Gasteiger partial charge in [-0.15, -0.1) is 11.8 Å². The minimum Gasteiger partial charge on any atom is -0.478 e. The Morgan fingerprint density at radius 2 is 2.05 bits per heavy atom. The van der Waals surface area contributed by atoms with E-state index < -0.39 is 5.97 Å².